The van der Waals surface area contributed by atoms with Gasteiger partial charge in [-0.15, -0.1) is 0 Å². The Kier molecular flexibility index (Phi) is 5.06. The molecule has 0 fully saturated rings. The van der Waals surface area contributed by atoms with Crippen LogP contribution in [-0.4, -0.2) is 44.9 Å². The van der Waals surface area contributed by atoms with E-state index in [1.807, 2.05) is 10.8 Å². The van der Waals surface area contributed by atoms with Crippen LogP contribution in [0.15, 0.2) is 54.3 Å². The first-order valence-electron chi connectivity index (χ1n) is 8.37. The number of rotatable bonds is 7. The number of carbonyl (C=O) groups excluding carboxylic acids is 2. The predicted octanol–water partition coefficient (Wildman–Crippen LogP) is 2.27. The summed E-state index contributed by atoms with van der Waals surface area (Å²) >= 11 is 0. The first-order chi connectivity index (χ1) is 12.5. The number of aromatic nitrogens is 2. The molecule has 3 rings (SSSR count). The van der Waals surface area contributed by atoms with Gasteiger partial charge in [-0.25, -0.2) is 4.98 Å². The molecule has 1 aliphatic rings. The minimum Gasteiger partial charge on any atom is -0.503 e. The maximum absolute atomic E-state index is 12.5. The fourth-order valence-corrected chi connectivity index (χ4v) is 3.22. The van der Waals surface area contributed by atoms with Crippen LogP contribution in [0.1, 0.15) is 24.9 Å². The maximum atomic E-state index is 12.5. The van der Waals surface area contributed by atoms with E-state index in [0.717, 1.165) is 5.56 Å². The molecule has 0 unspecified atom stereocenters. The van der Waals surface area contributed by atoms with E-state index < -0.39 is 17.7 Å². The summed E-state index contributed by atoms with van der Waals surface area (Å²) in [5.41, 5.74) is 0.902. The number of aliphatic hydroxyl groups is 1. The fraction of sp³-hybridized carbons (Fsp3) is 0.316. The maximum Gasteiger partial charge on any atom is 0.290 e. The van der Waals surface area contributed by atoms with Gasteiger partial charge in [-0.3, -0.25) is 9.59 Å². The lowest BCUT2D eigenvalue weighted by Gasteiger charge is -2.26. The molecule has 0 saturated heterocycles. The van der Waals surface area contributed by atoms with Gasteiger partial charge in [-0.05, 0) is 31.0 Å². The van der Waals surface area contributed by atoms with Crippen molar-refractivity contribution in [1.82, 2.24) is 14.5 Å². The minimum atomic E-state index is -0.589. The van der Waals surface area contributed by atoms with Crippen LogP contribution in [-0.2, 0) is 16.1 Å². The standard InChI is InChI=1S/C19H21N3O4/c1-13(23)16-17(14-4-6-15(26-2)7-5-14)22(19(25)18(16)24)10-3-9-21-11-8-20-12-21/h4-8,11-12,17,24H,3,9-10H2,1-2H3/t17-/m1/s1. The number of ether oxygens (including phenoxy) is 1. The smallest absolute Gasteiger partial charge is 0.290 e. The van der Waals surface area contributed by atoms with Crippen molar-refractivity contribution in [3.63, 3.8) is 0 Å². The number of benzene rings is 1. The molecule has 1 N–H and O–H groups in total. The Balaban J connectivity index is 1.85. The second-order valence-electron chi connectivity index (χ2n) is 6.15. The van der Waals surface area contributed by atoms with E-state index in [0.29, 0.717) is 25.3 Å². The quantitative estimate of drug-likeness (QED) is 0.823. The number of Topliss-reactive ketones (excluding diaryl/α,β-unsaturated/α-hetero) is 1. The van der Waals surface area contributed by atoms with Crippen LogP contribution in [0, 0.1) is 0 Å². The number of nitrogens with zero attached hydrogens (tertiary/aromatic N) is 3. The van der Waals surface area contributed by atoms with Crippen LogP contribution in [0.4, 0.5) is 0 Å². The molecule has 0 saturated carbocycles. The lowest BCUT2D eigenvalue weighted by molar-refractivity contribution is -0.129. The topological polar surface area (TPSA) is 84.7 Å². The number of ketones is 1. The van der Waals surface area contributed by atoms with Crippen molar-refractivity contribution in [2.24, 2.45) is 0 Å². The van der Waals surface area contributed by atoms with Gasteiger partial charge in [0.25, 0.3) is 5.91 Å². The molecule has 2 aromatic rings. The largest absolute Gasteiger partial charge is 0.503 e. The second kappa shape index (κ2) is 7.43. The predicted molar refractivity (Wildman–Crippen MR) is 94.6 cm³/mol. The van der Waals surface area contributed by atoms with Crippen molar-refractivity contribution < 1.29 is 19.4 Å². The normalized spacial score (nSPS) is 17.1. The number of carbonyl (C=O) groups is 2. The molecule has 0 bridgehead atoms. The van der Waals surface area contributed by atoms with Gasteiger partial charge < -0.3 is 19.3 Å². The van der Waals surface area contributed by atoms with Gasteiger partial charge in [0.2, 0.25) is 0 Å². The second-order valence-corrected chi connectivity index (χ2v) is 6.15. The van der Waals surface area contributed by atoms with Gasteiger partial charge in [0.15, 0.2) is 11.5 Å². The van der Waals surface area contributed by atoms with E-state index >= 15 is 0 Å². The lowest BCUT2D eigenvalue weighted by atomic mass is 9.96. The Bertz CT molecular complexity index is 825. The van der Waals surface area contributed by atoms with Gasteiger partial charge in [-0.2, -0.15) is 0 Å². The molecule has 1 amide bonds. The summed E-state index contributed by atoms with van der Waals surface area (Å²) in [6.07, 6.45) is 5.93. The number of hydrogen-bond donors (Lipinski definition) is 1. The Labute approximate surface area is 151 Å². The third kappa shape index (κ3) is 3.33. The summed E-state index contributed by atoms with van der Waals surface area (Å²) in [5, 5.41) is 10.2. The highest BCUT2D eigenvalue weighted by atomic mass is 16.5. The van der Waals surface area contributed by atoms with Gasteiger partial charge >= 0.3 is 0 Å². The fourth-order valence-electron chi connectivity index (χ4n) is 3.22. The summed E-state index contributed by atoms with van der Waals surface area (Å²) < 4.78 is 7.08. The molecule has 1 aromatic carbocycles. The summed E-state index contributed by atoms with van der Waals surface area (Å²) in [5.74, 6) is -0.598. The van der Waals surface area contributed by atoms with Crippen LogP contribution in [0.3, 0.4) is 0 Å². The lowest BCUT2D eigenvalue weighted by Crippen LogP contribution is -2.32. The van der Waals surface area contributed by atoms with Crippen LogP contribution in [0.2, 0.25) is 0 Å². The van der Waals surface area contributed by atoms with Crippen molar-refractivity contribution in [1.29, 1.82) is 0 Å². The first kappa shape index (κ1) is 17.7. The molecule has 26 heavy (non-hydrogen) atoms. The van der Waals surface area contributed by atoms with Crippen molar-refractivity contribution in [2.45, 2.75) is 25.9 Å². The molecule has 7 heteroatoms. The average molecular weight is 355 g/mol. The molecule has 7 nitrogen and oxygen atoms in total. The zero-order valence-corrected chi connectivity index (χ0v) is 14.8. The number of aryl methyl sites for hydroxylation is 1. The van der Waals surface area contributed by atoms with Crippen LogP contribution in [0.25, 0.3) is 0 Å². The first-order valence-corrected chi connectivity index (χ1v) is 8.37. The van der Waals surface area contributed by atoms with Crippen LogP contribution < -0.4 is 4.74 Å². The Morgan fingerprint density at radius 3 is 2.58 bits per heavy atom. The number of hydrogen-bond acceptors (Lipinski definition) is 5. The molecule has 0 radical (unpaired) electrons. The summed E-state index contributed by atoms with van der Waals surface area (Å²) in [7, 11) is 1.57. The molecule has 0 spiro atoms. The number of amides is 1. The van der Waals surface area contributed by atoms with E-state index in [2.05, 4.69) is 4.98 Å². The number of aliphatic hydroxyl groups excluding tert-OH is 1. The SMILES string of the molecule is COc1ccc([C@@H]2C(C(C)=O)=C(O)C(=O)N2CCCn2ccnc2)cc1. The number of methoxy groups -OCH3 is 1. The Hall–Kier alpha value is -3.09. The zero-order chi connectivity index (χ0) is 18.7. The molecule has 1 atom stereocenters. The van der Waals surface area contributed by atoms with Crippen molar-refractivity contribution >= 4 is 11.7 Å². The Morgan fingerprint density at radius 2 is 2.00 bits per heavy atom. The minimum absolute atomic E-state index is 0.141. The van der Waals surface area contributed by atoms with Gasteiger partial charge in [0.1, 0.15) is 5.75 Å². The van der Waals surface area contributed by atoms with E-state index in [4.69, 9.17) is 4.74 Å². The summed E-state index contributed by atoms with van der Waals surface area (Å²) in [6.45, 7) is 2.47. The van der Waals surface area contributed by atoms with E-state index in [-0.39, 0.29) is 11.4 Å². The van der Waals surface area contributed by atoms with Gasteiger partial charge in [-0.1, -0.05) is 12.1 Å². The van der Waals surface area contributed by atoms with Crippen molar-refractivity contribution in [2.75, 3.05) is 13.7 Å². The highest BCUT2D eigenvalue weighted by molar-refractivity contribution is 6.08. The molecule has 2 heterocycles. The van der Waals surface area contributed by atoms with Crippen molar-refractivity contribution in [3.05, 3.63) is 59.9 Å². The highest BCUT2D eigenvalue weighted by Crippen LogP contribution is 2.38. The van der Waals surface area contributed by atoms with E-state index in [1.165, 1.54) is 6.92 Å². The molecule has 136 valence electrons. The molecule has 1 aliphatic heterocycles. The van der Waals surface area contributed by atoms with Crippen molar-refractivity contribution in [3.8, 4) is 5.75 Å². The monoisotopic (exact) mass is 355 g/mol. The molecular formula is C19H21N3O4. The van der Waals surface area contributed by atoms with Crippen LogP contribution >= 0.6 is 0 Å². The summed E-state index contributed by atoms with van der Waals surface area (Å²) in [6, 6.07) is 6.57. The van der Waals surface area contributed by atoms with Gasteiger partial charge in [0.05, 0.1) is 25.1 Å². The van der Waals surface area contributed by atoms with E-state index in [1.54, 1.807) is 48.8 Å². The average Bonchev–Trinajstić information content (AvgIpc) is 3.24. The highest BCUT2D eigenvalue weighted by Gasteiger charge is 2.41. The third-order valence-corrected chi connectivity index (χ3v) is 4.49. The zero-order valence-electron chi connectivity index (χ0n) is 14.8. The number of imidazole rings is 1. The van der Waals surface area contributed by atoms with Crippen LogP contribution in [0.5, 0.6) is 5.75 Å². The molecule has 1 aromatic heterocycles. The molecular weight excluding hydrogens is 334 g/mol. The third-order valence-electron chi connectivity index (χ3n) is 4.49. The van der Waals surface area contributed by atoms with Gasteiger partial charge in [0, 0.05) is 25.5 Å². The molecule has 0 aliphatic carbocycles. The summed E-state index contributed by atoms with van der Waals surface area (Å²) in [4.78, 5) is 30.2. The Morgan fingerprint density at radius 1 is 1.27 bits per heavy atom. The van der Waals surface area contributed by atoms with E-state index in [9.17, 15) is 14.7 Å².